The highest BCUT2D eigenvalue weighted by molar-refractivity contribution is 14.1. The number of amides is 1. The quantitative estimate of drug-likeness (QED) is 0.0108. The van der Waals surface area contributed by atoms with Crippen LogP contribution in [0.2, 0.25) is 0 Å². The standard InChI is InChI=1S/C35H58IN5O5/c1-5-31(38-18-8-9-21-44-7-3)45-25-28-14-11-20-41(24-28)34(36)39-19-17-29(37)40-30(42)22-26-12-10-13-27(16-15-26)23-35(4,6-2)32-33(43)46-32/h1,8-9,17,19,26-28,31-34,38-39,43H,6-7,10-16,18,20-25H2,2-4H3,(H2,37,40,42)/b9-8-,19-17?/t26-,27?,28?,31?,32?,33?,34+,35?/m0/s1. The molecule has 0 radical (unpaired) electrons. The van der Waals surface area contributed by atoms with Crippen molar-refractivity contribution in [3.05, 3.63) is 24.4 Å². The molecule has 0 bridgehead atoms. The number of terminal acetylenes is 1. The summed E-state index contributed by atoms with van der Waals surface area (Å²) in [7, 11) is 0. The first-order valence-corrected chi connectivity index (χ1v) is 18.5. The third-order valence-corrected chi connectivity index (χ3v) is 10.8. The Morgan fingerprint density at radius 2 is 1.93 bits per heavy atom. The summed E-state index contributed by atoms with van der Waals surface area (Å²) in [4.78, 5) is 15.1. The number of piperidine rings is 1. The Morgan fingerprint density at radius 1 is 1.20 bits per heavy atom. The van der Waals surface area contributed by atoms with Crippen LogP contribution in [0.3, 0.4) is 0 Å². The summed E-state index contributed by atoms with van der Waals surface area (Å²) in [6.45, 7) is 10.8. The second-order valence-electron chi connectivity index (χ2n) is 13.3. The van der Waals surface area contributed by atoms with Crippen molar-refractivity contribution in [2.75, 3.05) is 39.5 Å². The average Bonchev–Trinajstić information content (AvgIpc) is 3.83. The molecular formula is C35H58IN5O5. The van der Waals surface area contributed by atoms with Crippen molar-refractivity contribution in [3.63, 3.8) is 0 Å². The monoisotopic (exact) mass is 755 g/mol. The number of alkyl halides is 1. The molecule has 1 saturated carbocycles. The third-order valence-electron chi connectivity index (χ3n) is 9.68. The van der Waals surface area contributed by atoms with Crippen molar-refractivity contribution in [2.24, 2.45) is 23.2 Å². The van der Waals surface area contributed by atoms with Gasteiger partial charge in [-0.25, -0.2) is 0 Å². The number of nitrogens with zero attached hydrogens (tertiary/aromatic N) is 1. The molecule has 1 amide bonds. The first-order valence-electron chi connectivity index (χ1n) is 17.2. The van der Waals surface area contributed by atoms with Gasteiger partial charge < -0.3 is 30.0 Å². The molecule has 5 N–H and O–H groups in total. The zero-order valence-corrected chi connectivity index (χ0v) is 30.3. The zero-order valence-electron chi connectivity index (χ0n) is 28.1. The fraction of sp³-hybridized carbons (Fsp3) is 0.771. The lowest BCUT2D eigenvalue weighted by Gasteiger charge is -2.36. The van der Waals surface area contributed by atoms with E-state index in [4.69, 9.17) is 26.0 Å². The van der Waals surface area contributed by atoms with Crippen molar-refractivity contribution in [3.8, 4) is 12.3 Å². The number of likely N-dealkylation sites (tertiary alicyclic amines) is 1. The molecule has 46 heavy (non-hydrogen) atoms. The van der Waals surface area contributed by atoms with Crippen molar-refractivity contribution >= 4 is 34.3 Å². The number of hydrogen-bond donors (Lipinski definition) is 5. The second kappa shape index (κ2) is 20.8. The van der Waals surface area contributed by atoms with Crippen LogP contribution in [0.5, 0.6) is 0 Å². The van der Waals surface area contributed by atoms with Gasteiger partial charge in [0.05, 0.1) is 13.2 Å². The van der Waals surface area contributed by atoms with Crippen LogP contribution in [-0.4, -0.2) is 84.0 Å². The van der Waals surface area contributed by atoms with Gasteiger partial charge in [-0.1, -0.05) is 51.2 Å². The van der Waals surface area contributed by atoms with Gasteiger partial charge in [0.2, 0.25) is 5.91 Å². The lowest BCUT2D eigenvalue weighted by atomic mass is 9.74. The van der Waals surface area contributed by atoms with Crippen molar-refractivity contribution < 1.29 is 24.1 Å². The number of hydrogen-bond acceptors (Lipinski definition) is 9. The highest BCUT2D eigenvalue weighted by atomic mass is 127. The fourth-order valence-corrected chi connectivity index (χ4v) is 7.48. The van der Waals surface area contributed by atoms with Crippen LogP contribution in [0.1, 0.15) is 85.0 Å². The normalized spacial score (nSPS) is 28.2. The molecule has 11 heteroatoms. The topological polar surface area (TPSA) is 131 Å². The van der Waals surface area contributed by atoms with Crippen LogP contribution in [0, 0.1) is 40.9 Å². The number of epoxide rings is 1. The maximum atomic E-state index is 12.8. The van der Waals surface area contributed by atoms with Gasteiger partial charge in [0.1, 0.15) is 16.1 Å². The third kappa shape index (κ3) is 13.9. The van der Waals surface area contributed by atoms with E-state index in [9.17, 15) is 9.90 Å². The number of halogens is 1. The summed E-state index contributed by atoms with van der Waals surface area (Å²) in [5.41, 5.74) is 0.0171. The van der Waals surface area contributed by atoms with E-state index in [1.54, 1.807) is 12.3 Å². The summed E-state index contributed by atoms with van der Waals surface area (Å²) < 4.78 is 16.8. The number of carbonyl (C=O) groups is 1. The van der Waals surface area contributed by atoms with Gasteiger partial charge in [0.15, 0.2) is 12.5 Å². The highest BCUT2D eigenvalue weighted by Crippen LogP contribution is 2.47. The van der Waals surface area contributed by atoms with Gasteiger partial charge in [-0.2, -0.15) is 0 Å². The molecule has 3 fully saturated rings. The molecule has 2 saturated heterocycles. The Balaban J connectivity index is 1.31. The van der Waals surface area contributed by atoms with Gasteiger partial charge in [-0.15, -0.1) is 6.42 Å². The van der Waals surface area contributed by atoms with Crippen molar-refractivity contribution in [1.82, 2.24) is 20.9 Å². The molecule has 0 aromatic rings. The molecule has 0 aromatic carbocycles. The summed E-state index contributed by atoms with van der Waals surface area (Å²) in [5.74, 6) is 4.02. The van der Waals surface area contributed by atoms with Crippen LogP contribution in [0.25, 0.3) is 0 Å². The molecule has 6 unspecified atom stereocenters. The minimum atomic E-state index is -0.600. The number of carbonyl (C=O) groups excluding carboxylic acids is 1. The van der Waals surface area contributed by atoms with E-state index in [2.05, 4.69) is 63.2 Å². The first-order chi connectivity index (χ1) is 22.2. The Labute approximate surface area is 290 Å². The molecule has 1 aliphatic carbocycles. The molecule has 0 aromatic heterocycles. The molecule has 260 valence electrons. The van der Waals surface area contributed by atoms with Crippen LogP contribution in [-0.2, 0) is 19.0 Å². The van der Waals surface area contributed by atoms with Crippen LogP contribution < -0.4 is 16.0 Å². The summed E-state index contributed by atoms with van der Waals surface area (Å²) in [6.07, 6.45) is 22.1. The second-order valence-corrected chi connectivity index (χ2v) is 14.5. The average molecular weight is 756 g/mol. The number of amidine groups is 1. The summed E-state index contributed by atoms with van der Waals surface area (Å²) in [5, 5.41) is 27.4. The highest BCUT2D eigenvalue weighted by Gasteiger charge is 2.51. The molecule has 3 rings (SSSR count). The number of aliphatic hydroxyl groups excluding tert-OH is 1. The Bertz CT molecular complexity index is 1040. The van der Waals surface area contributed by atoms with Crippen LogP contribution in [0.15, 0.2) is 24.4 Å². The molecule has 0 spiro atoms. The van der Waals surface area contributed by atoms with E-state index < -0.39 is 12.5 Å². The van der Waals surface area contributed by atoms with Gasteiger partial charge in [0.25, 0.3) is 0 Å². The van der Waals surface area contributed by atoms with E-state index in [1.807, 2.05) is 19.1 Å². The smallest absolute Gasteiger partial charge is 0.225 e. The van der Waals surface area contributed by atoms with Gasteiger partial charge >= 0.3 is 0 Å². The predicted molar refractivity (Wildman–Crippen MR) is 191 cm³/mol. The SMILES string of the molecule is C#CC(NC/C=C\COCC)OCC1CCCN([C@H](I)NC=CC(=N)NC(=O)C[C@H]2CCCC(CC(C)(CC)C3OC3O)CC2)C1. The summed E-state index contributed by atoms with van der Waals surface area (Å²) in [6, 6.07) is 0. The Kier molecular flexibility index (Phi) is 17.6. The van der Waals surface area contributed by atoms with Crippen molar-refractivity contribution in [1.29, 1.82) is 5.41 Å². The number of nitrogens with one attached hydrogen (secondary N) is 4. The minimum Gasteiger partial charge on any atom is -0.378 e. The first kappa shape index (κ1) is 38.9. The predicted octanol–water partition coefficient (Wildman–Crippen LogP) is 4.88. The number of ether oxygens (including phenoxy) is 3. The molecule has 2 aliphatic heterocycles. The number of aliphatic hydroxyl groups is 1. The molecule has 8 atom stereocenters. The minimum absolute atomic E-state index is 0.0171. The molecular weight excluding hydrogens is 697 g/mol. The fourth-order valence-electron chi connectivity index (χ4n) is 6.77. The van der Waals surface area contributed by atoms with Gasteiger partial charge in [0, 0.05) is 38.9 Å². The van der Waals surface area contributed by atoms with E-state index in [1.165, 1.54) is 6.42 Å². The van der Waals surface area contributed by atoms with Gasteiger partial charge in [-0.05, 0) is 97.3 Å². The maximum Gasteiger partial charge on any atom is 0.225 e. The zero-order chi connectivity index (χ0) is 33.4. The Morgan fingerprint density at radius 3 is 2.65 bits per heavy atom. The van der Waals surface area contributed by atoms with E-state index in [-0.39, 0.29) is 27.4 Å². The molecule has 3 aliphatic rings. The molecule has 2 heterocycles. The lowest BCUT2D eigenvalue weighted by Crippen LogP contribution is -2.46. The lowest BCUT2D eigenvalue weighted by molar-refractivity contribution is -0.120. The van der Waals surface area contributed by atoms with Crippen LogP contribution >= 0.6 is 22.6 Å². The largest absolute Gasteiger partial charge is 0.378 e. The van der Waals surface area contributed by atoms with E-state index >= 15 is 0 Å². The molecule has 10 nitrogen and oxygen atoms in total. The van der Waals surface area contributed by atoms with E-state index in [0.29, 0.717) is 50.5 Å². The Hall–Kier alpha value is -1.53. The number of rotatable bonds is 19. The van der Waals surface area contributed by atoms with Crippen molar-refractivity contribution in [2.45, 2.75) is 108 Å². The van der Waals surface area contributed by atoms with E-state index in [0.717, 1.165) is 64.5 Å². The van der Waals surface area contributed by atoms with Gasteiger partial charge in [-0.3, -0.25) is 20.4 Å². The summed E-state index contributed by atoms with van der Waals surface area (Å²) >= 11 is 2.37. The maximum absolute atomic E-state index is 12.8. The van der Waals surface area contributed by atoms with Crippen LogP contribution in [0.4, 0.5) is 0 Å².